The molecule has 5 heteroatoms. The molecule has 1 N–H and O–H groups in total. The second-order valence-electron chi connectivity index (χ2n) is 7.61. The number of rotatable bonds is 12. The van der Waals surface area contributed by atoms with Crippen LogP contribution in [0.3, 0.4) is 0 Å². The molecule has 1 amide bonds. The molecule has 0 radical (unpaired) electrons. The Morgan fingerprint density at radius 1 is 0.875 bits per heavy atom. The van der Waals surface area contributed by atoms with E-state index in [1.807, 2.05) is 54.6 Å². The first-order chi connectivity index (χ1) is 15.7. The molecular weight excluding hydrogens is 466 g/mol. The standard InChI is InChI=1S/C27H30BrNO3/c1-2-3-4-8-18-31-24-14-12-23(13-15-24)29-27(30)25-20-22(28)11-16-26(25)32-19-17-21-9-6-5-7-10-21/h5-7,9-16,20H,2-4,8,17-19H2,1H3,(H,29,30). The van der Waals surface area contributed by atoms with Crippen molar-refractivity contribution in [2.75, 3.05) is 18.5 Å². The Balaban J connectivity index is 1.56. The molecule has 168 valence electrons. The summed E-state index contributed by atoms with van der Waals surface area (Å²) in [6.45, 7) is 3.41. The van der Waals surface area contributed by atoms with Crippen molar-refractivity contribution in [3.8, 4) is 11.5 Å². The van der Waals surface area contributed by atoms with Gasteiger partial charge >= 0.3 is 0 Å². The minimum Gasteiger partial charge on any atom is -0.494 e. The third kappa shape index (κ3) is 7.72. The molecule has 0 heterocycles. The van der Waals surface area contributed by atoms with Gasteiger partial charge in [-0.15, -0.1) is 0 Å². The Morgan fingerprint density at radius 3 is 2.41 bits per heavy atom. The summed E-state index contributed by atoms with van der Waals surface area (Å²) in [5, 5.41) is 2.95. The van der Waals surface area contributed by atoms with E-state index in [9.17, 15) is 4.79 Å². The summed E-state index contributed by atoms with van der Waals surface area (Å²) in [5.74, 6) is 1.16. The van der Waals surface area contributed by atoms with Gasteiger partial charge in [0, 0.05) is 16.6 Å². The Bertz CT molecular complexity index is 974. The smallest absolute Gasteiger partial charge is 0.259 e. The van der Waals surface area contributed by atoms with Gasteiger partial charge in [0.25, 0.3) is 5.91 Å². The minimum atomic E-state index is -0.214. The molecule has 0 aliphatic heterocycles. The van der Waals surface area contributed by atoms with E-state index in [0.717, 1.165) is 23.1 Å². The zero-order valence-corrected chi connectivity index (χ0v) is 20.1. The van der Waals surface area contributed by atoms with Crippen LogP contribution in [0.25, 0.3) is 0 Å². The highest BCUT2D eigenvalue weighted by atomic mass is 79.9. The van der Waals surface area contributed by atoms with Crippen molar-refractivity contribution >= 4 is 27.5 Å². The highest BCUT2D eigenvalue weighted by molar-refractivity contribution is 9.10. The summed E-state index contributed by atoms with van der Waals surface area (Å²) in [6.07, 6.45) is 5.47. The summed E-state index contributed by atoms with van der Waals surface area (Å²) >= 11 is 3.45. The molecular formula is C27H30BrNO3. The number of benzene rings is 3. The molecule has 0 bridgehead atoms. The topological polar surface area (TPSA) is 47.6 Å². The maximum Gasteiger partial charge on any atom is 0.259 e. The molecule has 0 atom stereocenters. The number of hydrogen-bond acceptors (Lipinski definition) is 3. The van der Waals surface area contributed by atoms with Crippen LogP contribution < -0.4 is 14.8 Å². The van der Waals surface area contributed by atoms with Crippen LogP contribution in [-0.4, -0.2) is 19.1 Å². The van der Waals surface area contributed by atoms with Gasteiger partial charge in [-0.25, -0.2) is 0 Å². The lowest BCUT2D eigenvalue weighted by Crippen LogP contribution is -2.14. The van der Waals surface area contributed by atoms with E-state index >= 15 is 0 Å². The molecule has 0 unspecified atom stereocenters. The molecule has 0 fully saturated rings. The number of anilines is 1. The first kappa shape index (κ1) is 23.9. The van der Waals surface area contributed by atoms with E-state index in [1.54, 1.807) is 6.07 Å². The lowest BCUT2D eigenvalue weighted by atomic mass is 10.1. The van der Waals surface area contributed by atoms with E-state index in [4.69, 9.17) is 9.47 Å². The van der Waals surface area contributed by atoms with Crippen LogP contribution in [0.2, 0.25) is 0 Å². The second kappa shape index (κ2) is 12.9. The lowest BCUT2D eigenvalue weighted by Gasteiger charge is -2.13. The number of hydrogen-bond donors (Lipinski definition) is 1. The number of nitrogens with one attached hydrogen (secondary N) is 1. The molecule has 3 aromatic rings. The molecule has 3 rings (SSSR count). The number of carbonyl (C=O) groups excluding carboxylic acids is 1. The first-order valence-electron chi connectivity index (χ1n) is 11.2. The summed E-state index contributed by atoms with van der Waals surface area (Å²) in [4.78, 5) is 12.9. The average Bonchev–Trinajstić information content (AvgIpc) is 2.81. The minimum absolute atomic E-state index is 0.214. The van der Waals surface area contributed by atoms with E-state index in [-0.39, 0.29) is 5.91 Å². The first-order valence-corrected chi connectivity index (χ1v) is 12.0. The lowest BCUT2D eigenvalue weighted by molar-refractivity contribution is 0.102. The summed E-state index contributed by atoms with van der Waals surface area (Å²) in [7, 11) is 0. The number of unbranched alkanes of at least 4 members (excludes halogenated alkanes) is 3. The van der Waals surface area contributed by atoms with Crippen LogP contribution in [0.4, 0.5) is 5.69 Å². The molecule has 0 saturated heterocycles. The average molecular weight is 496 g/mol. The summed E-state index contributed by atoms with van der Waals surface area (Å²) in [6, 6.07) is 23.1. The van der Waals surface area contributed by atoms with Gasteiger partial charge in [0.05, 0.1) is 18.8 Å². The van der Waals surface area contributed by atoms with Crippen LogP contribution in [-0.2, 0) is 6.42 Å². The van der Waals surface area contributed by atoms with Gasteiger partial charge in [-0.05, 0) is 54.4 Å². The molecule has 3 aromatic carbocycles. The van der Waals surface area contributed by atoms with E-state index in [0.29, 0.717) is 30.2 Å². The highest BCUT2D eigenvalue weighted by Gasteiger charge is 2.14. The third-order valence-electron chi connectivity index (χ3n) is 5.06. The Kier molecular flexibility index (Phi) is 9.63. The molecule has 32 heavy (non-hydrogen) atoms. The van der Waals surface area contributed by atoms with E-state index < -0.39 is 0 Å². The fourth-order valence-corrected chi connectivity index (χ4v) is 3.64. The summed E-state index contributed by atoms with van der Waals surface area (Å²) in [5.41, 5.74) is 2.40. The fraction of sp³-hybridized carbons (Fsp3) is 0.296. The van der Waals surface area contributed by atoms with Gasteiger partial charge in [-0.3, -0.25) is 4.79 Å². The molecule has 0 aliphatic carbocycles. The third-order valence-corrected chi connectivity index (χ3v) is 5.55. The Hall–Kier alpha value is -2.79. The number of amides is 1. The number of halogens is 1. The predicted molar refractivity (Wildman–Crippen MR) is 134 cm³/mol. The van der Waals surface area contributed by atoms with Crippen molar-refractivity contribution in [3.63, 3.8) is 0 Å². The van der Waals surface area contributed by atoms with Gasteiger partial charge in [-0.1, -0.05) is 72.4 Å². The van der Waals surface area contributed by atoms with Crippen LogP contribution >= 0.6 is 15.9 Å². The Labute approximate surface area is 199 Å². The van der Waals surface area contributed by atoms with E-state index in [1.165, 1.54) is 24.8 Å². The quantitative estimate of drug-likeness (QED) is 0.268. The SMILES string of the molecule is CCCCCCOc1ccc(NC(=O)c2cc(Br)ccc2OCCc2ccccc2)cc1. The van der Waals surface area contributed by atoms with Crippen LogP contribution in [0.1, 0.15) is 48.5 Å². The molecule has 4 nitrogen and oxygen atoms in total. The van der Waals surface area contributed by atoms with Crippen molar-refractivity contribution in [2.45, 2.75) is 39.0 Å². The van der Waals surface area contributed by atoms with Gasteiger partial charge in [0.15, 0.2) is 0 Å². The van der Waals surface area contributed by atoms with Gasteiger partial charge in [0.2, 0.25) is 0 Å². The van der Waals surface area contributed by atoms with Crippen molar-refractivity contribution < 1.29 is 14.3 Å². The maximum atomic E-state index is 12.9. The van der Waals surface area contributed by atoms with Crippen molar-refractivity contribution in [2.24, 2.45) is 0 Å². The fourth-order valence-electron chi connectivity index (χ4n) is 3.28. The summed E-state index contributed by atoms with van der Waals surface area (Å²) < 4.78 is 12.5. The predicted octanol–water partition coefficient (Wildman–Crippen LogP) is 7.28. The maximum absolute atomic E-state index is 12.9. The highest BCUT2D eigenvalue weighted by Crippen LogP contribution is 2.25. The molecule has 0 spiro atoms. The van der Waals surface area contributed by atoms with Crippen molar-refractivity contribution in [1.82, 2.24) is 0 Å². The molecule has 0 aromatic heterocycles. The monoisotopic (exact) mass is 495 g/mol. The zero-order valence-electron chi connectivity index (χ0n) is 18.5. The Morgan fingerprint density at radius 2 is 1.66 bits per heavy atom. The van der Waals surface area contributed by atoms with Crippen LogP contribution in [0.15, 0.2) is 77.3 Å². The van der Waals surface area contributed by atoms with Gasteiger partial charge in [-0.2, -0.15) is 0 Å². The van der Waals surface area contributed by atoms with Crippen LogP contribution in [0, 0.1) is 0 Å². The van der Waals surface area contributed by atoms with E-state index in [2.05, 4.69) is 40.3 Å². The number of carbonyl (C=O) groups is 1. The largest absolute Gasteiger partial charge is 0.494 e. The zero-order chi connectivity index (χ0) is 22.6. The van der Waals surface area contributed by atoms with Crippen molar-refractivity contribution in [1.29, 1.82) is 0 Å². The normalized spacial score (nSPS) is 10.6. The van der Waals surface area contributed by atoms with Crippen LogP contribution in [0.5, 0.6) is 11.5 Å². The van der Waals surface area contributed by atoms with Gasteiger partial charge in [0.1, 0.15) is 11.5 Å². The van der Waals surface area contributed by atoms with Gasteiger partial charge < -0.3 is 14.8 Å². The second-order valence-corrected chi connectivity index (χ2v) is 8.53. The molecule has 0 aliphatic rings. The number of ether oxygens (including phenoxy) is 2. The van der Waals surface area contributed by atoms with Crippen molar-refractivity contribution in [3.05, 3.63) is 88.4 Å². The molecule has 0 saturated carbocycles.